The topological polar surface area (TPSA) is 63.3 Å². The number of carbonyl (C=O) groups is 1. The molecule has 0 fully saturated rings. The molecular weight excluding hydrogens is 250 g/mol. The molecule has 0 saturated carbocycles. The SMILES string of the molecule is NCCCCC(CC1CCCc2ccccc21)C(=O)O. The molecule has 1 aliphatic rings. The second-order valence-electron chi connectivity index (χ2n) is 5.84. The van der Waals surface area contributed by atoms with E-state index in [4.69, 9.17) is 5.73 Å². The summed E-state index contributed by atoms with van der Waals surface area (Å²) >= 11 is 0. The molecule has 1 aliphatic carbocycles. The molecule has 0 amide bonds. The van der Waals surface area contributed by atoms with Crippen LogP contribution in [0.15, 0.2) is 24.3 Å². The summed E-state index contributed by atoms with van der Waals surface area (Å²) in [6.07, 6.45) is 6.81. The standard InChI is InChI=1S/C17H25NO2/c18-11-4-3-7-15(17(19)20)12-14-9-5-8-13-6-1-2-10-16(13)14/h1-2,6,10,14-15H,3-5,7-9,11-12,18H2,(H,19,20). The first kappa shape index (κ1) is 15.0. The van der Waals surface area contributed by atoms with Crippen molar-refractivity contribution in [2.75, 3.05) is 6.54 Å². The molecule has 3 nitrogen and oxygen atoms in total. The van der Waals surface area contributed by atoms with Gasteiger partial charge in [-0.15, -0.1) is 0 Å². The van der Waals surface area contributed by atoms with Crippen LogP contribution in [0.5, 0.6) is 0 Å². The van der Waals surface area contributed by atoms with E-state index < -0.39 is 5.97 Å². The third-order valence-corrected chi connectivity index (χ3v) is 4.42. The lowest BCUT2D eigenvalue weighted by atomic mass is 9.77. The molecule has 20 heavy (non-hydrogen) atoms. The Morgan fingerprint density at radius 1 is 1.35 bits per heavy atom. The molecule has 3 N–H and O–H groups in total. The van der Waals surface area contributed by atoms with Gasteiger partial charge in [0.05, 0.1) is 5.92 Å². The third kappa shape index (κ3) is 3.83. The Labute approximate surface area is 121 Å². The van der Waals surface area contributed by atoms with Crippen LogP contribution in [-0.4, -0.2) is 17.6 Å². The second-order valence-corrected chi connectivity index (χ2v) is 5.84. The quantitative estimate of drug-likeness (QED) is 0.750. The third-order valence-electron chi connectivity index (χ3n) is 4.42. The van der Waals surface area contributed by atoms with Gasteiger partial charge < -0.3 is 10.8 Å². The summed E-state index contributed by atoms with van der Waals surface area (Å²) < 4.78 is 0. The van der Waals surface area contributed by atoms with Gasteiger partial charge in [0.25, 0.3) is 0 Å². The minimum Gasteiger partial charge on any atom is -0.481 e. The summed E-state index contributed by atoms with van der Waals surface area (Å²) in [5.41, 5.74) is 8.28. The number of hydrogen-bond acceptors (Lipinski definition) is 2. The smallest absolute Gasteiger partial charge is 0.306 e. The van der Waals surface area contributed by atoms with Gasteiger partial charge in [-0.05, 0) is 62.1 Å². The van der Waals surface area contributed by atoms with Gasteiger partial charge in [0, 0.05) is 0 Å². The zero-order valence-corrected chi connectivity index (χ0v) is 12.1. The average molecular weight is 275 g/mol. The number of benzene rings is 1. The maximum absolute atomic E-state index is 11.4. The molecule has 0 saturated heterocycles. The van der Waals surface area contributed by atoms with E-state index in [0.717, 1.165) is 38.5 Å². The van der Waals surface area contributed by atoms with Crippen LogP contribution in [0.4, 0.5) is 0 Å². The van der Waals surface area contributed by atoms with Crippen molar-refractivity contribution in [2.45, 2.75) is 50.9 Å². The number of aryl methyl sites for hydroxylation is 1. The number of aliphatic carboxylic acids is 1. The van der Waals surface area contributed by atoms with Crippen molar-refractivity contribution in [1.82, 2.24) is 0 Å². The van der Waals surface area contributed by atoms with Crippen LogP contribution in [-0.2, 0) is 11.2 Å². The molecule has 110 valence electrons. The van der Waals surface area contributed by atoms with Crippen molar-refractivity contribution in [3.8, 4) is 0 Å². The van der Waals surface area contributed by atoms with Gasteiger partial charge in [0.1, 0.15) is 0 Å². The first-order chi connectivity index (χ1) is 9.72. The van der Waals surface area contributed by atoms with E-state index in [1.165, 1.54) is 17.5 Å². The first-order valence-corrected chi connectivity index (χ1v) is 7.73. The van der Waals surface area contributed by atoms with E-state index in [1.807, 2.05) is 0 Å². The molecule has 0 spiro atoms. The highest BCUT2D eigenvalue weighted by molar-refractivity contribution is 5.70. The number of nitrogens with two attached hydrogens (primary N) is 1. The van der Waals surface area contributed by atoms with Gasteiger partial charge in [-0.3, -0.25) is 4.79 Å². The summed E-state index contributed by atoms with van der Waals surface area (Å²) in [5, 5.41) is 9.42. The van der Waals surface area contributed by atoms with Crippen molar-refractivity contribution < 1.29 is 9.90 Å². The Morgan fingerprint density at radius 3 is 2.90 bits per heavy atom. The monoisotopic (exact) mass is 275 g/mol. The summed E-state index contributed by atoms with van der Waals surface area (Å²) in [4.78, 5) is 11.4. The van der Waals surface area contributed by atoms with E-state index in [0.29, 0.717) is 12.5 Å². The minimum absolute atomic E-state index is 0.224. The maximum atomic E-state index is 11.4. The summed E-state index contributed by atoms with van der Waals surface area (Å²) in [5.74, 6) is -0.457. The number of carboxylic acid groups (broad SMARTS) is 1. The molecular formula is C17H25NO2. The van der Waals surface area contributed by atoms with E-state index in [-0.39, 0.29) is 5.92 Å². The largest absolute Gasteiger partial charge is 0.481 e. The van der Waals surface area contributed by atoms with Crippen molar-refractivity contribution >= 4 is 5.97 Å². The summed E-state index contributed by atoms with van der Waals surface area (Å²) in [6.45, 7) is 0.651. The predicted molar refractivity (Wildman–Crippen MR) is 80.8 cm³/mol. The number of hydrogen-bond donors (Lipinski definition) is 2. The zero-order valence-electron chi connectivity index (χ0n) is 12.1. The Kier molecular flexibility index (Phi) is 5.60. The van der Waals surface area contributed by atoms with Gasteiger partial charge in [0.2, 0.25) is 0 Å². The van der Waals surface area contributed by atoms with Gasteiger partial charge in [-0.2, -0.15) is 0 Å². The van der Waals surface area contributed by atoms with E-state index in [2.05, 4.69) is 24.3 Å². The molecule has 0 bridgehead atoms. The molecule has 1 aromatic carbocycles. The lowest BCUT2D eigenvalue weighted by Crippen LogP contribution is -2.20. The predicted octanol–water partition coefficient (Wildman–Crippen LogP) is 3.33. The Hall–Kier alpha value is -1.35. The van der Waals surface area contributed by atoms with Crippen LogP contribution >= 0.6 is 0 Å². The molecule has 0 aromatic heterocycles. The van der Waals surface area contributed by atoms with Gasteiger partial charge >= 0.3 is 5.97 Å². The summed E-state index contributed by atoms with van der Waals surface area (Å²) in [6, 6.07) is 8.52. The van der Waals surface area contributed by atoms with Crippen molar-refractivity contribution in [3.63, 3.8) is 0 Å². The molecule has 0 aliphatic heterocycles. The number of carboxylic acids is 1. The molecule has 3 heteroatoms. The van der Waals surface area contributed by atoms with Crippen LogP contribution in [0.1, 0.15) is 55.6 Å². The van der Waals surface area contributed by atoms with Crippen molar-refractivity contribution in [1.29, 1.82) is 0 Å². The molecule has 2 unspecified atom stereocenters. The average Bonchev–Trinajstić information content (AvgIpc) is 2.46. The second kappa shape index (κ2) is 7.44. The number of rotatable bonds is 7. The highest BCUT2D eigenvalue weighted by atomic mass is 16.4. The number of unbranched alkanes of at least 4 members (excludes halogenated alkanes) is 1. The fourth-order valence-electron chi connectivity index (χ4n) is 3.32. The molecule has 0 radical (unpaired) electrons. The van der Waals surface area contributed by atoms with Crippen LogP contribution in [0, 0.1) is 5.92 Å². The fourth-order valence-corrected chi connectivity index (χ4v) is 3.32. The van der Waals surface area contributed by atoms with E-state index >= 15 is 0 Å². The molecule has 0 heterocycles. The van der Waals surface area contributed by atoms with Crippen LogP contribution in [0.25, 0.3) is 0 Å². The minimum atomic E-state index is -0.648. The highest BCUT2D eigenvalue weighted by Gasteiger charge is 2.26. The van der Waals surface area contributed by atoms with Crippen LogP contribution in [0.2, 0.25) is 0 Å². The van der Waals surface area contributed by atoms with Crippen molar-refractivity contribution in [2.24, 2.45) is 11.7 Å². The normalized spacial score (nSPS) is 19.4. The molecule has 1 aromatic rings. The van der Waals surface area contributed by atoms with E-state index in [1.54, 1.807) is 0 Å². The molecule has 2 atom stereocenters. The summed E-state index contributed by atoms with van der Waals surface area (Å²) in [7, 11) is 0. The van der Waals surface area contributed by atoms with Gasteiger partial charge in [-0.25, -0.2) is 0 Å². The van der Waals surface area contributed by atoms with Crippen molar-refractivity contribution in [3.05, 3.63) is 35.4 Å². The van der Waals surface area contributed by atoms with Gasteiger partial charge in [0.15, 0.2) is 0 Å². The van der Waals surface area contributed by atoms with Crippen LogP contribution < -0.4 is 5.73 Å². The number of fused-ring (bicyclic) bond motifs is 1. The maximum Gasteiger partial charge on any atom is 0.306 e. The zero-order chi connectivity index (χ0) is 14.4. The van der Waals surface area contributed by atoms with Gasteiger partial charge in [-0.1, -0.05) is 30.7 Å². The Bertz CT molecular complexity index is 444. The van der Waals surface area contributed by atoms with E-state index in [9.17, 15) is 9.90 Å². The Balaban J connectivity index is 2.02. The first-order valence-electron chi connectivity index (χ1n) is 7.73. The fraction of sp³-hybridized carbons (Fsp3) is 0.588. The Morgan fingerprint density at radius 2 is 2.15 bits per heavy atom. The lowest BCUT2D eigenvalue weighted by molar-refractivity contribution is -0.142. The van der Waals surface area contributed by atoms with Crippen LogP contribution in [0.3, 0.4) is 0 Å². The molecule has 2 rings (SSSR count). The lowest BCUT2D eigenvalue weighted by Gasteiger charge is -2.27. The highest BCUT2D eigenvalue weighted by Crippen LogP contribution is 2.36.